The third-order valence-corrected chi connectivity index (χ3v) is 3.89. The van der Waals surface area contributed by atoms with Crippen LogP contribution in [0, 0.1) is 0 Å². The normalized spacial score (nSPS) is 11.5. The molecule has 0 atom stereocenters. The van der Waals surface area contributed by atoms with Crippen LogP contribution in [0.2, 0.25) is 0 Å². The van der Waals surface area contributed by atoms with Crippen molar-refractivity contribution in [1.29, 1.82) is 0 Å². The zero-order valence-corrected chi connectivity index (χ0v) is 11.4. The quantitative estimate of drug-likeness (QED) is 0.739. The largest absolute Gasteiger partial charge is 0.307 e. The van der Waals surface area contributed by atoms with Crippen LogP contribution in [0.15, 0.2) is 36.9 Å². The standard InChI is InChI=1S/C16H25N/c1-5-16(6-2,7-3)17-13-14(4)15-11-9-8-10-12-15/h8-12,17H,4-7,13H2,1-3H3. The van der Waals surface area contributed by atoms with Crippen LogP contribution in [-0.2, 0) is 0 Å². The molecule has 0 saturated carbocycles. The number of hydrogen-bond donors (Lipinski definition) is 1. The summed E-state index contributed by atoms with van der Waals surface area (Å²) in [5.74, 6) is 0. The molecular formula is C16H25N. The zero-order chi connectivity index (χ0) is 12.7. The Balaban J connectivity index is 2.59. The average Bonchev–Trinajstić information content (AvgIpc) is 2.41. The molecule has 0 spiro atoms. The molecule has 0 aromatic heterocycles. The Kier molecular flexibility index (Phi) is 5.43. The SMILES string of the molecule is C=C(CNC(CC)(CC)CC)c1ccccc1. The summed E-state index contributed by atoms with van der Waals surface area (Å²) in [4.78, 5) is 0. The van der Waals surface area contributed by atoms with Gasteiger partial charge in [-0.25, -0.2) is 0 Å². The molecule has 0 unspecified atom stereocenters. The average molecular weight is 231 g/mol. The summed E-state index contributed by atoms with van der Waals surface area (Å²) in [6, 6.07) is 10.4. The molecule has 94 valence electrons. The lowest BCUT2D eigenvalue weighted by molar-refractivity contribution is 0.304. The molecule has 1 aromatic carbocycles. The predicted octanol–water partition coefficient (Wildman–Crippen LogP) is 4.26. The molecule has 0 amide bonds. The molecular weight excluding hydrogens is 206 g/mol. The van der Waals surface area contributed by atoms with E-state index in [1.54, 1.807) is 0 Å². The molecule has 0 radical (unpaired) electrons. The van der Waals surface area contributed by atoms with Crippen LogP contribution in [0.1, 0.15) is 45.6 Å². The minimum absolute atomic E-state index is 0.276. The third-order valence-electron chi connectivity index (χ3n) is 3.89. The van der Waals surface area contributed by atoms with Gasteiger partial charge in [0.25, 0.3) is 0 Å². The molecule has 0 fully saturated rings. The van der Waals surface area contributed by atoms with Crippen LogP contribution < -0.4 is 5.32 Å². The Morgan fingerprint density at radius 3 is 2.06 bits per heavy atom. The van der Waals surface area contributed by atoms with E-state index in [0.717, 1.165) is 6.54 Å². The fourth-order valence-corrected chi connectivity index (χ4v) is 2.20. The first-order valence-corrected chi connectivity index (χ1v) is 6.65. The van der Waals surface area contributed by atoms with E-state index < -0.39 is 0 Å². The topological polar surface area (TPSA) is 12.0 Å². The van der Waals surface area contributed by atoms with E-state index in [-0.39, 0.29) is 5.54 Å². The highest BCUT2D eigenvalue weighted by Crippen LogP contribution is 2.20. The molecule has 0 saturated heterocycles. The summed E-state index contributed by atoms with van der Waals surface area (Å²) in [7, 11) is 0. The van der Waals surface area contributed by atoms with Gasteiger partial charge in [-0.15, -0.1) is 0 Å². The van der Waals surface area contributed by atoms with Gasteiger partial charge in [0.05, 0.1) is 0 Å². The lowest BCUT2D eigenvalue weighted by Crippen LogP contribution is -2.44. The lowest BCUT2D eigenvalue weighted by Gasteiger charge is -2.32. The van der Waals surface area contributed by atoms with Gasteiger partial charge < -0.3 is 5.32 Å². The van der Waals surface area contributed by atoms with Gasteiger partial charge in [0, 0.05) is 12.1 Å². The van der Waals surface area contributed by atoms with Crippen LogP contribution in [0.3, 0.4) is 0 Å². The van der Waals surface area contributed by atoms with Crippen molar-refractivity contribution in [3.8, 4) is 0 Å². The number of benzene rings is 1. The minimum Gasteiger partial charge on any atom is -0.307 e. The van der Waals surface area contributed by atoms with Crippen molar-refractivity contribution in [2.24, 2.45) is 0 Å². The highest BCUT2D eigenvalue weighted by atomic mass is 15.0. The smallest absolute Gasteiger partial charge is 0.0210 e. The molecule has 1 heteroatoms. The Morgan fingerprint density at radius 2 is 1.59 bits per heavy atom. The van der Waals surface area contributed by atoms with Crippen molar-refractivity contribution in [1.82, 2.24) is 5.32 Å². The third kappa shape index (κ3) is 3.71. The first kappa shape index (κ1) is 14.0. The molecule has 0 aliphatic heterocycles. The minimum atomic E-state index is 0.276. The van der Waals surface area contributed by atoms with Gasteiger partial charge in [-0.05, 0) is 30.4 Å². The van der Waals surface area contributed by atoms with E-state index in [1.807, 2.05) is 6.07 Å². The summed E-state index contributed by atoms with van der Waals surface area (Å²) in [6.07, 6.45) is 3.51. The Morgan fingerprint density at radius 1 is 1.06 bits per heavy atom. The molecule has 17 heavy (non-hydrogen) atoms. The van der Waals surface area contributed by atoms with Gasteiger partial charge in [0.1, 0.15) is 0 Å². The van der Waals surface area contributed by atoms with Gasteiger partial charge in [-0.3, -0.25) is 0 Å². The number of nitrogens with one attached hydrogen (secondary N) is 1. The Labute approximate surface area is 106 Å². The highest BCUT2D eigenvalue weighted by Gasteiger charge is 2.22. The summed E-state index contributed by atoms with van der Waals surface area (Å²) in [6.45, 7) is 11.8. The second-order valence-electron chi connectivity index (χ2n) is 4.66. The van der Waals surface area contributed by atoms with Gasteiger partial charge in [-0.1, -0.05) is 57.7 Å². The van der Waals surface area contributed by atoms with E-state index in [0.29, 0.717) is 0 Å². The Hall–Kier alpha value is -1.08. The van der Waals surface area contributed by atoms with Crippen LogP contribution in [0.4, 0.5) is 0 Å². The van der Waals surface area contributed by atoms with Gasteiger partial charge in [-0.2, -0.15) is 0 Å². The van der Waals surface area contributed by atoms with Crippen LogP contribution in [0.25, 0.3) is 5.57 Å². The molecule has 1 aromatic rings. The van der Waals surface area contributed by atoms with Crippen LogP contribution in [0.5, 0.6) is 0 Å². The van der Waals surface area contributed by atoms with Gasteiger partial charge >= 0.3 is 0 Å². The number of rotatable bonds is 7. The molecule has 1 N–H and O–H groups in total. The van der Waals surface area contributed by atoms with Crippen molar-refractivity contribution < 1.29 is 0 Å². The first-order valence-electron chi connectivity index (χ1n) is 6.65. The van der Waals surface area contributed by atoms with E-state index in [1.165, 1.54) is 30.4 Å². The maximum absolute atomic E-state index is 4.17. The fourth-order valence-electron chi connectivity index (χ4n) is 2.20. The van der Waals surface area contributed by atoms with Crippen molar-refractivity contribution in [2.45, 2.75) is 45.6 Å². The summed E-state index contributed by atoms with van der Waals surface area (Å²) in [5, 5.41) is 3.68. The first-order chi connectivity index (χ1) is 8.17. The molecule has 0 aliphatic carbocycles. The van der Waals surface area contributed by atoms with E-state index >= 15 is 0 Å². The summed E-state index contributed by atoms with van der Waals surface area (Å²) < 4.78 is 0. The zero-order valence-electron chi connectivity index (χ0n) is 11.4. The highest BCUT2D eigenvalue weighted by molar-refractivity contribution is 5.64. The number of hydrogen-bond acceptors (Lipinski definition) is 1. The summed E-state index contributed by atoms with van der Waals surface area (Å²) >= 11 is 0. The lowest BCUT2D eigenvalue weighted by atomic mass is 9.89. The monoisotopic (exact) mass is 231 g/mol. The van der Waals surface area contributed by atoms with E-state index in [9.17, 15) is 0 Å². The van der Waals surface area contributed by atoms with Crippen LogP contribution in [-0.4, -0.2) is 12.1 Å². The van der Waals surface area contributed by atoms with Crippen molar-refractivity contribution in [2.75, 3.05) is 6.54 Å². The van der Waals surface area contributed by atoms with Crippen LogP contribution >= 0.6 is 0 Å². The molecule has 1 rings (SSSR count). The summed E-state index contributed by atoms with van der Waals surface area (Å²) in [5.41, 5.74) is 2.68. The predicted molar refractivity (Wildman–Crippen MR) is 77.1 cm³/mol. The van der Waals surface area contributed by atoms with Crippen molar-refractivity contribution in [3.05, 3.63) is 42.5 Å². The van der Waals surface area contributed by atoms with Gasteiger partial charge in [0.2, 0.25) is 0 Å². The maximum atomic E-state index is 4.17. The van der Waals surface area contributed by atoms with Gasteiger partial charge in [0.15, 0.2) is 0 Å². The van der Waals surface area contributed by atoms with Crippen molar-refractivity contribution >= 4 is 5.57 Å². The Bertz CT molecular complexity index is 328. The second kappa shape index (κ2) is 6.61. The molecule has 0 heterocycles. The molecule has 1 nitrogen and oxygen atoms in total. The molecule has 0 aliphatic rings. The fraction of sp³-hybridized carbons (Fsp3) is 0.500. The maximum Gasteiger partial charge on any atom is 0.0210 e. The molecule has 0 bridgehead atoms. The van der Waals surface area contributed by atoms with Crippen molar-refractivity contribution in [3.63, 3.8) is 0 Å². The van der Waals surface area contributed by atoms with E-state index in [2.05, 4.69) is 56.9 Å². The second-order valence-corrected chi connectivity index (χ2v) is 4.66. The van der Waals surface area contributed by atoms with E-state index in [4.69, 9.17) is 0 Å².